The van der Waals surface area contributed by atoms with Crippen LogP contribution in [0.15, 0.2) is 34.9 Å². The lowest BCUT2D eigenvalue weighted by molar-refractivity contribution is -0.117. The summed E-state index contributed by atoms with van der Waals surface area (Å²) in [7, 11) is 0. The number of carbonyl (C=O) groups is 1. The molecule has 0 saturated carbocycles. The molecular weight excluding hydrogens is 174 g/mol. The van der Waals surface area contributed by atoms with Gasteiger partial charge in [-0.25, -0.2) is 0 Å². The number of hydrogen-bond acceptors (Lipinski definition) is 1. The fourth-order valence-electron chi connectivity index (χ4n) is 1.82. The van der Waals surface area contributed by atoms with Crippen molar-refractivity contribution in [1.29, 1.82) is 0 Å². The highest BCUT2D eigenvalue weighted by Gasteiger charge is 2.19. The SMILES string of the molecule is CC1=CC2=C(C=CC1C)C(=O)NCC2. The van der Waals surface area contributed by atoms with E-state index in [4.69, 9.17) is 0 Å². The number of rotatable bonds is 0. The van der Waals surface area contributed by atoms with Crippen LogP contribution in [0, 0.1) is 5.92 Å². The topological polar surface area (TPSA) is 29.1 Å². The van der Waals surface area contributed by atoms with Gasteiger partial charge in [-0.1, -0.05) is 30.7 Å². The minimum Gasteiger partial charge on any atom is -0.352 e. The molecule has 0 aromatic rings. The van der Waals surface area contributed by atoms with E-state index >= 15 is 0 Å². The molecule has 14 heavy (non-hydrogen) atoms. The van der Waals surface area contributed by atoms with E-state index < -0.39 is 0 Å². The molecule has 0 radical (unpaired) electrons. The van der Waals surface area contributed by atoms with Gasteiger partial charge in [-0.15, -0.1) is 0 Å². The van der Waals surface area contributed by atoms with Gasteiger partial charge in [0.2, 0.25) is 0 Å². The molecule has 2 heteroatoms. The van der Waals surface area contributed by atoms with Gasteiger partial charge in [0, 0.05) is 12.1 Å². The molecule has 2 rings (SSSR count). The predicted molar refractivity (Wildman–Crippen MR) is 56.7 cm³/mol. The highest BCUT2D eigenvalue weighted by molar-refractivity contribution is 5.98. The van der Waals surface area contributed by atoms with E-state index in [1.165, 1.54) is 11.1 Å². The van der Waals surface area contributed by atoms with Crippen molar-refractivity contribution in [3.05, 3.63) is 34.9 Å². The second-order valence-corrected chi connectivity index (χ2v) is 3.98. The third kappa shape index (κ3) is 1.52. The standard InChI is InChI=1S/C12H15NO/c1-8-3-4-11-10(7-9(8)2)5-6-13-12(11)14/h3-4,7-8H,5-6H2,1-2H3,(H,13,14). The van der Waals surface area contributed by atoms with Crippen molar-refractivity contribution in [3.63, 3.8) is 0 Å². The molecule has 1 unspecified atom stereocenters. The summed E-state index contributed by atoms with van der Waals surface area (Å²) < 4.78 is 0. The molecule has 0 spiro atoms. The van der Waals surface area contributed by atoms with Gasteiger partial charge in [-0.05, 0) is 24.8 Å². The summed E-state index contributed by atoms with van der Waals surface area (Å²) in [4.78, 5) is 11.5. The van der Waals surface area contributed by atoms with Crippen molar-refractivity contribution in [2.24, 2.45) is 5.92 Å². The van der Waals surface area contributed by atoms with E-state index in [2.05, 4.69) is 31.3 Å². The van der Waals surface area contributed by atoms with Crippen molar-refractivity contribution < 1.29 is 4.79 Å². The first-order valence-electron chi connectivity index (χ1n) is 5.06. The van der Waals surface area contributed by atoms with Crippen LogP contribution in [0.25, 0.3) is 0 Å². The van der Waals surface area contributed by atoms with Gasteiger partial charge in [0.1, 0.15) is 0 Å². The Balaban J connectivity index is 2.46. The Labute approximate surface area is 84.4 Å². The number of carbonyl (C=O) groups excluding carboxylic acids is 1. The van der Waals surface area contributed by atoms with Crippen molar-refractivity contribution >= 4 is 5.91 Å². The molecule has 1 aliphatic carbocycles. The van der Waals surface area contributed by atoms with Crippen molar-refractivity contribution in [2.75, 3.05) is 6.54 Å². The maximum absolute atomic E-state index is 11.5. The average molecular weight is 189 g/mol. The van der Waals surface area contributed by atoms with Crippen LogP contribution in [0.3, 0.4) is 0 Å². The summed E-state index contributed by atoms with van der Waals surface area (Å²) in [5.41, 5.74) is 3.37. The first-order valence-corrected chi connectivity index (χ1v) is 5.06. The van der Waals surface area contributed by atoms with Gasteiger partial charge < -0.3 is 5.32 Å². The Bertz CT molecular complexity index is 361. The number of nitrogens with one attached hydrogen (secondary N) is 1. The molecule has 0 bridgehead atoms. The second-order valence-electron chi connectivity index (χ2n) is 3.98. The minimum absolute atomic E-state index is 0.0700. The first kappa shape index (κ1) is 9.25. The molecule has 1 N–H and O–H groups in total. The Kier molecular flexibility index (Phi) is 2.28. The zero-order valence-corrected chi connectivity index (χ0v) is 8.63. The van der Waals surface area contributed by atoms with Crippen LogP contribution < -0.4 is 5.32 Å². The van der Waals surface area contributed by atoms with Gasteiger partial charge in [-0.2, -0.15) is 0 Å². The third-order valence-corrected chi connectivity index (χ3v) is 2.94. The van der Waals surface area contributed by atoms with E-state index in [1.807, 2.05) is 6.08 Å². The highest BCUT2D eigenvalue weighted by Crippen LogP contribution is 2.25. The molecule has 1 heterocycles. The van der Waals surface area contributed by atoms with Crippen LogP contribution in [-0.4, -0.2) is 12.5 Å². The number of amides is 1. The highest BCUT2D eigenvalue weighted by atomic mass is 16.1. The molecule has 0 fully saturated rings. The third-order valence-electron chi connectivity index (χ3n) is 2.94. The number of hydrogen-bond donors (Lipinski definition) is 1. The van der Waals surface area contributed by atoms with E-state index in [-0.39, 0.29) is 5.91 Å². The molecule has 0 saturated heterocycles. The molecule has 1 amide bonds. The van der Waals surface area contributed by atoms with Crippen LogP contribution >= 0.6 is 0 Å². The zero-order valence-electron chi connectivity index (χ0n) is 8.63. The van der Waals surface area contributed by atoms with Crippen molar-refractivity contribution in [1.82, 2.24) is 5.32 Å². The van der Waals surface area contributed by atoms with E-state index in [9.17, 15) is 4.79 Å². The smallest absolute Gasteiger partial charge is 0.251 e. The van der Waals surface area contributed by atoms with Crippen molar-refractivity contribution in [2.45, 2.75) is 20.3 Å². The van der Waals surface area contributed by atoms with Crippen LogP contribution in [0.4, 0.5) is 0 Å². The van der Waals surface area contributed by atoms with Crippen LogP contribution in [0.2, 0.25) is 0 Å². The lowest BCUT2D eigenvalue weighted by Crippen LogP contribution is -2.30. The van der Waals surface area contributed by atoms with Gasteiger partial charge in [0.25, 0.3) is 5.91 Å². The van der Waals surface area contributed by atoms with Crippen molar-refractivity contribution in [3.8, 4) is 0 Å². The summed E-state index contributed by atoms with van der Waals surface area (Å²) in [6.07, 6.45) is 7.18. The molecule has 1 atom stereocenters. The van der Waals surface area contributed by atoms with Crippen LogP contribution in [0.5, 0.6) is 0 Å². The maximum atomic E-state index is 11.5. The molecular formula is C12H15NO. The fraction of sp³-hybridized carbons (Fsp3) is 0.417. The Morgan fingerprint density at radius 3 is 3.07 bits per heavy atom. The molecule has 1 aliphatic heterocycles. The second kappa shape index (κ2) is 3.45. The largest absolute Gasteiger partial charge is 0.352 e. The minimum atomic E-state index is 0.0700. The summed E-state index contributed by atoms with van der Waals surface area (Å²) in [5, 5.41) is 2.86. The summed E-state index contributed by atoms with van der Waals surface area (Å²) in [6.45, 7) is 5.04. The first-order chi connectivity index (χ1) is 6.68. The molecule has 0 aromatic carbocycles. The summed E-state index contributed by atoms with van der Waals surface area (Å²) in [6, 6.07) is 0. The van der Waals surface area contributed by atoms with Gasteiger partial charge in [-0.3, -0.25) is 4.79 Å². The Morgan fingerprint density at radius 2 is 2.29 bits per heavy atom. The molecule has 74 valence electrons. The normalized spacial score (nSPS) is 26.6. The number of allylic oxidation sites excluding steroid dienone is 3. The molecule has 0 aromatic heterocycles. The van der Waals surface area contributed by atoms with Gasteiger partial charge in [0.15, 0.2) is 0 Å². The monoisotopic (exact) mass is 189 g/mol. The zero-order chi connectivity index (χ0) is 10.1. The summed E-state index contributed by atoms with van der Waals surface area (Å²) >= 11 is 0. The van der Waals surface area contributed by atoms with E-state index in [0.29, 0.717) is 5.92 Å². The average Bonchev–Trinajstić information content (AvgIpc) is 2.29. The quantitative estimate of drug-likeness (QED) is 0.620. The van der Waals surface area contributed by atoms with Crippen LogP contribution in [-0.2, 0) is 4.79 Å². The van der Waals surface area contributed by atoms with Gasteiger partial charge in [0.05, 0.1) is 0 Å². The van der Waals surface area contributed by atoms with E-state index in [0.717, 1.165) is 18.5 Å². The Hall–Kier alpha value is -1.31. The lowest BCUT2D eigenvalue weighted by Gasteiger charge is -2.15. The van der Waals surface area contributed by atoms with E-state index in [1.54, 1.807) is 0 Å². The lowest BCUT2D eigenvalue weighted by atomic mass is 9.99. The maximum Gasteiger partial charge on any atom is 0.251 e. The Morgan fingerprint density at radius 1 is 1.50 bits per heavy atom. The summed E-state index contributed by atoms with van der Waals surface area (Å²) in [5.74, 6) is 0.508. The predicted octanol–water partition coefficient (Wildman–Crippen LogP) is 1.96. The van der Waals surface area contributed by atoms with Crippen LogP contribution in [0.1, 0.15) is 20.3 Å². The fourth-order valence-corrected chi connectivity index (χ4v) is 1.82. The molecule has 2 nitrogen and oxygen atoms in total. The van der Waals surface area contributed by atoms with Gasteiger partial charge >= 0.3 is 0 Å². The molecule has 2 aliphatic rings.